The highest BCUT2D eigenvalue weighted by Crippen LogP contribution is 2.14. The van der Waals surface area contributed by atoms with Gasteiger partial charge in [0.05, 0.1) is 4.90 Å². The molecule has 0 fully saturated rings. The predicted molar refractivity (Wildman–Crippen MR) is 86.2 cm³/mol. The zero-order valence-electron chi connectivity index (χ0n) is 12.2. The van der Waals surface area contributed by atoms with E-state index in [0.717, 1.165) is 12.8 Å². The molecule has 0 aliphatic carbocycles. The number of amides is 1. The van der Waals surface area contributed by atoms with Gasteiger partial charge in [0.1, 0.15) is 0 Å². The van der Waals surface area contributed by atoms with Crippen molar-refractivity contribution < 1.29 is 13.2 Å². The summed E-state index contributed by atoms with van der Waals surface area (Å²) in [4.78, 5) is 12.1. The Morgan fingerprint density at radius 3 is 2.14 bits per heavy atom. The van der Waals surface area contributed by atoms with E-state index in [4.69, 9.17) is 5.14 Å². The Hall–Kier alpha value is -2.18. The first-order valence-electron chi connectivity index (χ1n) is 6.93. The van der Waals surface area contributed by atoms with Crippen molar-refractivity contribution in [3.8, 4) is 0 Å². The highest BCUT2D eigenvalue weighted by molar-refractivity contribution is 7.89. The number of rotatable bonds is 5. The summed E-state index contributed by atoms with van der Waals surface area (Å²) in [6.45, 7) is 2.11. The summed E-state index contributed by atoms with van der Waals surface area (Å²) in [5.41, 5.74) is 2.28. The standard InChI is InChI=1S/C16H18N2O3S/c1-2-3-12-4-8-14(9-5-12)18-16(19)13-6-10-15(11-7-13)22(17,20)21/h4-11H,2-3H2,1H3,(H,18,19)(H2,17,20,21). The normalized spacial score (nSPS) is 11.2. The van der Waals surface area contributed by atoms with Crippen LogP contribution < -0.4 is 10.5 Å². The number of sulfonamides is 1. The SMILES string of the molecule is CCCc1ccc(NC(=O)c2ccc(S(N)(=O)=O)cc2)cc1. The monoisotopic (exact) mass is 318 g/mol. The molecule has 0 aromatic heterocycles. The van der Waals surface area contributed by atoms with E-state index in [2.05, 4.69) is 12.2 Å². The molecule has 2 aromatic carbocycles. The topological polar surface area (TPSA) is 89.3 Å². The predicted octanol–water partition coefficient (Wildman–Crippen LogP) is 2.54. The lowest BCUT2D eigenvalue weighted by Crippen LogP contribution is -2.14. The van der Waals surface area contributed by atoms with Gasteiger partial charge in [0.15, 0.2) is 0 Å². The van der Waals surface area contributed by atoms with Crippen LogP contribution in [0.25, 0.3) is 0 Å². The van der Waals surface area contributed by atoms with Gasteiger partial charge < -0.3 is 5.32 Å². The first kappa shape index (κ1) is 16.2. The molecule has 0 aliphatic rings. The second kappa shape index (κ2) is 6.72. The fraction of sp³-hybridized carbons (Fsp3) is 0.188. The van der Waals surface area contributed by atoms with Crippen LogP contribution in [0.1, 0.15) is 29.3 Å². The minimum absolute atomic E-state index is 0.0204. The van der Waals surface area contributed by atoms with E-state index in [1.165, 1.54) is 29.8 Å². The number of nitrogens with two attached hydrogens (primary N) is 1. The number of hydrogen-bond acceptors (Lipinski definition) is 3. The van der Waals surface area contributed by atoms with Crippen LogP contribution in [-0.4, -0.2) is 14.3 Å². The molecule has 2 rings (SSSR count). The van der Waals surface area contributed by atoms with E-state index in [0.29, 0.717) is 11.3 Å². The molecule has 0 radical (unpaired) electrons. The second-order valence-corrected chi connectivity index (χ2v) is 6.53. The number of carbonyl (C=O) groups is 1. The van der Waals surface area contributed by atoms with Crippen LogP contribution in [0.15, 0.2) is 53.4 Å². The van der Waals surface area contributed by atoms with Crippen LogP contribution in [0.5, 0.6) is 0 Å². The Morgan fingerprint density at radius 2 is 1.64 bits per heavy atom. The molecular weight excluding hydrogens is 300 g/mol. The third-order valence-electron chi connectivity index (χ3n) is 3.20. The fourth-order valence-electron chi connectivity index (χ4n) is 2.04. The third kappa shape index (κ3) is 4.16. The van der Waals surface area contributed by atoms with E-state index in [-0.39, 0.29) is 10.8 Å². The van der Waals surface area contributed by atoms with Gasteiger partial charge in [-0.25, -0.2) is 13.6 Å². The van der Waals surface area contributed by atoms with Gasteiger partial charge >= 0.3 is 0 Å². The van der Waals surface area contributed by atoms with Crippen molar-refractivity contribution in [2.45, 2.75) is 24.7 Å². The van der Waals surface area contributed by atoms with Crippen LogP contribution in [0.2, 0.25) is 0 Å². The van der Waals surface area contributed by atoms with Crippen molar-refractivity contribution >= 4 is 21.6 Å². The van der Waals surface area contributed by atoms with E-state index < -0.39 is 10.0 Å². The molecule has 3 N–H and O–H groups in total. The van der Waals surface area contributed by atoms with E-state index in [1.54, 1.807) is 0 Å². The highest BCUT2D eigenvalue weighted by Gasteiger charge is 2.10. The summed E-state index contributed by atoms with van der Waals surface area (Å²) in [6, 6.07) is 13.1. The van der Waals surface area contributed by atoms with Gasteiger partial charge in [-0.15, -0.1) is 0 Å². The molecule has 0 atom stereocenters. The number of nitrogens with one attached hydrogen (secondary N) is 1. The fourth-order valence-corrected chi connectivity index (χ4v) is 2.56. The molecule has 0 bridgehead atoms. The molecule has 1 amide bonds. The minimum Gasteiger partial charge on any atom is -0.322 e. The maximum absolute atomic E-state index is 12.1. The first-order chi connectivity index (χ1) is 10.4. The highest BCUT2D eigenvalue weighted by atomic mass is 32.2. The Kier molecular flexibility index (Phi) is 4.95. The Balaban J connectivity index is 2.08. The number of benzene rings is 2. The van der Waals surface area contributed by atoms with Crippen LogP contribution in [0.4, 0.5) is 5.69 Å². The Labute approximate surface area is 130 Å². The van der Waals surface area contributed by atoms with Gasteiger partial charge in [-0.3, -0.25) is 4.79 Å². The second-order valence-electron chi connectivity index (χ2n) is 4.97. The lowest BCUT2D eigenvalue weighted by Gasteiger charge is -2.07. The first-order valence-corrected chi connectivity index (χ1v) is 8.48. The Morgan fingerprint density at radius 1 is 1.05 bits per heavy atom. The van der Waals surface area contributed by atoms with Crippen molar-refractivity contribution in [1.82, 2.24) is 0 Å². The van der Waals surface area contributed by atoms with E-state index >= 15 is 0 Å². The maximum atomic E-state index is 12.1. The third-order valence-corrected chi connectivity index (χ3v) is 4.12. The molecule has 5 nitrogen and oxygen atoms in total. The van der Waals surface area contributed by atoms with E-state index in [9.17, 15) is 13.2 Å². The molecule has 2 aromatic rings. The van der Waals surface area contributed by atoms with Crippen molar-refractivity contribution in [3.63, 3.8) is 0 Å². The molecule has 6 heteroatoms. The number of anilines is 1. The molecule has 0 spiro atoms. The number of hydrogen-bond donors (Lipinski definition) is 2. The molecule has 0 aliphatic heterocycles. The summed E-state index contributed by atoms with van der Waals surface area (Å²) in [5, 5.41) is 7.78. The van der Waals surface area contributed by atoms with Gasteiger partial charge in [-0.05, 0) is 48.4 Å². The van der Waals surface area contributed by atoms with Crippen LogP contribution in [-0.2, 0) is 16.4 Å². The molecule has 116 valence electrons. The van der Waals surface area contributed by atoms with Gasteiger partial charge in [0.2, 0.25) is 10.0 Å². The minimum atomic E-state index is -3.75. The number of carbonyl (C=O) groups excluding carboxylic acids is 1. The zero-order chi connectivity index (χ0) is 16.2. The molecule has 0 saturated heterocycles. The molecule has 0 saturated carbocycles. The van der Waals surface area contributed by atoms with Crippen LogP contribution in [0.3, 0.4) is 0 Å². The van der Waals surface area contributed by atoms with Crippen LogP contribution >= 0.6 is 0 Å². The smallest absolute Gasteiger partial charge is 0.255 e. The quantitative estimate of drug-likeness (QED) is 0.887. The summed E-state index contributed by atoms with van der Waals surface area (Å²) in [5.74, 6) is -0.302. The zero-order valence-corrected chi connectivity index (χ0v) is 13.1. The van der Waals surface area contributed by atoms with Crippen molar-refractivity contribution in [2.24, 2.45) is 5.14 Å². The summed E-state index contributed by atoms with van der Waals surface area (Å²) in [6.07, 6.45) is 2.07. The average molecular weight is 318 g/mol. The lowest BCUT2D eigenvalue weighted by atomic mass is 10.1. The summed E-state index contributed by atoms with van der Waals surface area (Å²) >= 11 is 0. The summed E-state index contributed by atoms with van der Waals surface area (Å²) in [7, 11) is -3.75. The van der Waals surface area contributed by atoms with Gasteiger partial charge in [-0.2, -0.15) is 0 Å². The average Bonchev–Trinajstić information content (AvgIpc) is 2.49. The molecule has 0 unspecified atom stereocenters. The Bertz CT molecular complexity index is 751. The number of aryl methyl sites for hydroxylation is 1. The summed E-state index contributed by atoms with van der Waals surface area (Å²) < 4.78 is 22.3. The van der Waals surface area contributed by atoms with Gasteiger partial charge in [-0.1, -0.05) is 25.5 Å². The van der Waals surface area contributed by atoms with Crippen LogP contribution in [0, 0.1) is 0 Å². The van der Waals surface area contributed by atoms with Gasteiger partial charge in [0.25, 0.3) is 5.91 Å². The van der Waals surface area contributed by atoms with Crippen molar-refractivity contribution in [1.29, 1.82) is 0 Å². The number of primary sulfonamides is 1. The molecule has 0 heterocycles. The molecular formula is C16H18N2O3S. The van der Waals surface area contributed by atoms with Crippen molar-refractivity contribution in [3.05, 3.63) is 59.7 Å². The van der Waals surface area contributed by atoms with Crippen molar-refractivity contribution in [2.75, 3.05) is 5.32 Å². The largest absolute Gasteiger partial charge is 0.322 e. The van der Waals surface area contributed by atoms with E-state index in [1.807, 2.05) is 24.3 Å². The molecule has 22 heavy (non-hydrogen) atoms. The van der Waals surface area contributed by atoms with Gasteiger partial charge in [0, 0.05) is 11.3 Å². The maximum Gasteiger partial charge on any atom is 0.255 e. The lowest BCUT2D eigenvalue weighted by molar-refractivity contribution is 0.102.